The van der Waals surface area contributed by atoms with E-state index >= 15 is 0 Å². The van der Waals surface area contributed by atoms with Crippen LogP contribution in [-0.2, 0) is 5.88 Å². The summed E-state index contributed by atoms with van der Waals surface area (Å²) in [6.45, 7) is 0. The van der Waals surface area contributed by atoms with Gasteiger partial charge >= 0.3 is 0 Å². The second-order valence-electron chi connectivity index (χ2n) is 2.02. The van der Waals surface area contributed by atoms with Crippen molar-refractivity contribution in [3.8, 4) is 6.07 Å². The maximum atomic E-state index is 8.72. The first kappa shape index (κ1) is 8.82. The van der Waals surface area contributed by atoms with Gasteiger partial charge in [0, 0.05) is 9.45 Å². The van der Waals surface area contributed by atoms with Crippen molar-refractivity contribution < 1.29 is 0 Å². The molecule has 0 aliphatic carbocycles. The van der Waals surface area contributed by atoms with Crippen molar-refractivity contribution in [2.24, 2.45) is 0 Å². The van der Waals surface area contributed by atoms with E-state index < -0.39 is 0 Å². The van der Waals surface area contributed by atoms with E-state index in [1.165, 1.54) is 0 Å². The highest BCUT2D eigenvalue weighted by molar-refractivity contribution is 14.1. The highest BCUT2D eigenvalue weighted by atomic mass is 127. The molecule has 0 unspecified atom stereocenters. The van der Waals surface area contributed by atoms with E-state index in [0.29, 0.717) is 11.4 Å². The second kappa shape index (κ2) is 3.93. The van der Waals surface area contributed by atoms with E-state index in [4.69, 9.17) is 16.9 Å². The minimum atomic E-state index is 0.403. The van der Waals surface area contributed by atoms with Crippen LogP contribution in [0.4, 0.5) is 0 Å². The van der Waals surface area contributed by atoms with E-state index in [1.54, 1.807) is 0 Å². The summed E-state index contributed by atoms with van der Waals surface area (Å²) < 4.78 is 0.961. The molecule has 0 bridgehead atoms. The Morgan fingerprint density at radius 2 is 2.27 bits per heavy atom. The Morgan fingerprint density at radius 3 is 2.73 bits per heavy atom. The zero-order chi connectivity index (χ0) is 8.27. The number of hydrogen-bond donors (Lipinski definition) is 0. The summed E-state index contributed by atoms with van der Waals surface area (Å²) in [5, 5.41) is 8.72. The predicted octanol–water partition coefficient (Wildman–Crippen LogP) is 2.90. The van der Waals surface area contributed by atoms with Crippen LogP contribution < -0.4 is 0 Å². The van der Waals surface area contributed by atoms with E-state index in [0.717, 1.165) is 9.13 Å². The quantitative estimate of drug-likeness (QED) is 0.572. The van der Waals surface area contributed by atoms with Crippen molar-refractivity contribution >= 4 is 34.2 Å². The largest absolute Gasteiger partial charge is 0.192 e. The van der Waals surface area contributed by atoms with Crippen molar-refractivity contribution in [2.45, 2.75) is 5.88 Å². The number of hydrogen-bond acceptors (Lipinski definition) is 1. The first-order valence-corrected chi connectivity index (χ1v) is 4.64. The van der Waals surface area contributed by atoms with Gasteiger partial charge in [0.25, 0.3) is 0 Å². The van der Waals surface area contributed by atoms with Gasteiger partial charge in [-0.2, -0.15) is 5.26 Å². The van der Waals surface area contributed by atoms with E-state index in [9.17, 15) is 0 Å². The smallest absolute Gasteiger partial charge is 0.101 e. The summed E-state index contributed by atoms with van der Waals surface area (Å²) in [6.07, 6.45) is 0. The van der Waals surface area contributed by atoms with Crippen molar-refractivity contribution in [2.75, 3.05) is 0 Å². The normalized spacial score (nSPS) is 9.18. The number of alkyl halides is 1. The highest BCUT2D eigenvalue weighted by Gasteiger charge is 2.02. The molecule has 0 saturated heterocycles. The molecule has 11 heavy (non-hydrogen) atoms. The summed E-state index contributed by atoms with van der Waals surface area (Å²) in [5.74, 6) is 0.403. The van der Waals surface area contributed by atoms with Crippen molar-refractivity contribution in [1.82, 2.24) is 0 Å². The number of halogens is 2. The SMILES string of the molecule is N#Cc1c(I)cccc1CCl. The maximum absolute atomic E-state index is 8.72. The highest BCUT2D eigenvalue weighted by Crippen LogP contribution is 2.17. The fraction of sp³-hybridized carbons (Fsp3) is 0.125. The van der Waals surface area contributed by atoms with Crippen LogP contribution in [0.25, 0.3) is 0 Å². The van der Waals surface area contributed by atoms with Gasteiger partial charge in [-0.05, 0) is 34.2 Å². The molecule has 0 radical (unpaired) electrons. The zero-order valence-corrected chi connectivity index (χ0v) is 8.56. The van der Waals surface area contributed by atoms with Crippen LogP contribution in [0.2, 0.25) is 0 Å². The van der Waals surface area contributed by atoms with Gasteiger partial charge in [-0.25, -0.2) is 0 Å². The molecule has 0 heterocycles. The summed E-state index contributed by atoms with van der Waals surface area (Å²) >= 11 is 7.76. The van der Waals surface area contributed by atoms with Gasteiger partial charge in [0.1, 0.15) is 6.07 Å². The molecule has 1 aromatic rings. The Hall–Kier alpha value is -0.270. The van der Waals surface area contributed by atoms with Crippen LogP contribution in [0.1, 0.15) is 11.1 Å². The Kier molecular flexibility index (Phi) is 3.16. The number of nitrogens with zero attached hydrogens (tertiary/aromatic N) is 1. The van der Waals surface area contributed by atoms with Crippen LogP contribution >= 0.6 is 34.2 Å². The number of rotatable bonds is 1. The molecule has 0 atom stereocenters. The number of benzene rings is 1. The van der Waals surface area contributed by atoms with E-state index in [-0.39, 0.29) is 0 Å². The Labute approximate surface area is 84.1 Å². The van der Waals surface area contributed by atoms with Crippen LogP contribution in [-0.4, -0.2) is 0 Å². The van der Waals surface area contributed by atoms with Gasteiger partial charge < -0.3 is 0 Å². The lowest BCUT2D eigenvalue weighted by Gasteiger charge is -1.99. The molecule has 0 fully saturated rings. The minimum Gasteiger partial charge on any atom is -0.192 e. The van der Waals surface area contributed by atoms with Crippen molar-refractivity contribution in [3.63, 3.8) is 0 Å². The third-order valence-corrected chi connectivity index (χ3v) is 2.54. The Balaban J connectivity index is 3.27. The lowest BCUT2D eigenvalue weighted by Crippen LogP contribution is -1.88. The second-order valence-corrected chi connectivity index (χ2v) is 3.45. The first-order chi connectivity index (χ1) is 5.29. The van der Waals surface area contributed by atoms with Crippen LogP contribution in [0.15, 0.2) is 18.2 Å². The predicted molar refractivity (Wildman–Crippen MR) is 53.4 cm³/mol. The maximum Gasteiger partial charge on any atom is 0.101 e. The molecule has 56 valence electrons. The molecule has 1 aromatic carbocycles. The molecule has 0 aromatic heterocycles. The van der Waals surface area contributed by atoms with Gasteiger partial charge in [-0.15, -0.1) is 11.6 Å². The fourth-order valence-electron chi connectivity index (χ4n) is 0.805. The van der Waals surface area contributed by atoms with Crippen molar-refractivity contribution in [1.29, 1.82) is 5.26 Å². The third kappa shape index (κ3) is 1.85. The summed E-state index contributed by atoms with van der Waals surface area (Å²) in [5.41, 5.74) is 1.60. The average molecular weight is 277 g/mol. The van der Waals surface area contributed by atoms with Crippen molar-refractivity contribution in [3.05, 3.63) is 32.9 Å². The first-order valence-electron chi connectivity index (χ1n) is 3.03. The topological polar surface area (TPSA) is 23.8 Å². The number of nitriles is 1. The monoisotopic (exact) mass is 277 g/mol. The summed E-state index contributed by atoms with van der Waals surface area (Å²) in [7, 11) is 0. The van der Waals surface area contributed by atoms with Gasteiger partial charge in [-0.1, -0.05) is 12.1 Å². The van der Waals surface area contributed by atoms with Gasteiger partial charge in [-0.3, -0.25) is 0 Å². The average Bonchev–Trinajstić information content (AvgIpc) is 2.04. The molecule has 0 aliphatic heterocycles. The lowest BCUT2D eigenvalue weighted by molar-refractivity contribution is 1.33. The van der Waals surface area contributed by atoms with Crippen LogP contribution in [0, 0.1) is 14.9 Å². The fourth-order valence-corrected chi connectivity index (χ4v) is 1.70. The lowest BCUT2D eigenvalue weighted by atomic mass is 10.1. The summed E-state index contributed by atoms with van der Waals surface area (Å²) in [4.78, 5) is 0. The van der Waals surface area contributed by atoms with E-state index in [2.05, 4.69) is 28.7 Å². The Bertz CT molecular complexity index is 303. The zero-order valence-electron chi connectivity index (χ0n) is 5.64. The molecule has 0 N–H and O–H groups in total. The molecular formula is C8H5ClIN. The van der Waals surface area contributed by atoms with Crippen LogP contribution in [0.3, 0.4) is 0 Å². The van der Waals surface area contributed by atoms with Crippen LogP contribution in [0.5, 0.6) is 0 Å². The van der Waals surface area contributed by atoms with Gasteiger partial charge in [0.05, 0.1) is 5.56 Å². The standard InChI is InChI=1S/C8H5ClIN/c9-4-6-2-1-3-8(10)7(6)5-11/h1-3H,4H2. The van der Waals surface area contributed by atoms with Gasteiger partial charge in [0.2, 0.25) is 0 Å². The Morgan fingerprint density at radius 1 is 1.55 bits per heavy atom. The molecule has 1 rings (SSSR count). The minimum absolute atomic E-state index is 0.403. The summed E-state index contributed by atoms with van der Waals surface area (Å²) in [6, 6.07) is 7.79. The molecule has 3 heteroatoms. The molecule has 0 spiro atoms. The molecule has 0 aliphatic rings. The van der Waals surface area contributed by atoms with E-state index in [1.807, 2.05) is 18.2 Å². The third-order valence-electron chi connectivity index (χ3n) is 1.36. The molecule has 1 nitrogen and oxygen atoms in total. The molecular weight excluding hydrogens is 272 g/mol. The molecule has 0 amide bonds. The molecule has 0 saturated carbocycles. The van der Waals surface area contributed by atoms with Gasteiger partial charge in [0.15, 0.2) is 0 Å².